The van der Waals surface area contributed by atoms with E-state index in [-0.39, 0.29) is 11.7 Å². The number of fused-ring (bicyclic) bond motifs is 1. The summed E-state index contributed by atoms with van der Waals surface area (Å²) in [5.74, 6) is -0.317. The molecule has 0 aliphatic heterocycles. The summed E-state index contributed by atoms with van der Waals surface area (Å²) < 4.78 is 1.67. The molecule has 4 aromatic rings. The van der Waals surface area contributed by atoms with Gasteiger partial charge in [0.25, 0.3) is 5.91 Å². The molecule has 0 radical (unpaired) electrons. The second-order valence-electron chi connectivity index (χ2n) is 5.69. The van der Waals surface area contributed by atoms with Crippen molar-refractivity contribution in [1.29, 1.82) is 0 Å². The molecule has 0 saturated heterocycles. The fourth-order valence-electron chi connectivity index (χ4n) is 2.65. The van der Waals surface area contributed by atoms with Crippen LogP contribution >= 0.6 is 11.3 Å². The Morgan fingerprint density at radius 3 is 2.62 bits per heavy atom. The standard InChI is InChI=1S/C19H14N4O2S/c1-12(24)13-4-6-14(7-5-13)22-19(25)15-11-21-23-16(8-9-20-18(15)23)17-3-2-10-26-17/h2-11H,1H3,(H,22,25). The highest BCUT2D eigenvalue weighted by Crippen LogP contribution is 2.25. The van der Waals surface area contributed by atoms with Crippen LogP contribution in [0, 0.1) is 0 Å². The van der Waals surface area contributed by atoms with Crippen LogP contribution in [-0.2, 0) is 0 Å². The lowest BCUT2D eigenvalue weighted by Crippen LogP contribution is -2.12. The molecule has 0 aliphatic rings. The SMILES string of the molecule is CC(=O)c1ccc(NC(=O)c2cnn3c(-c4cccs4)ccnc23)cc1. The third-order valence-corrected chi connectivity index (χ3v) is 4.86. The number of thiophene rings is 1. The first-order chi connectivity index (χ1) is 12.6. The van der Waals surface area contributed by atoms with Gasteiger partial charge in [-0.3, -0.25) is 9.59 Å². The smallest absolute Gasteiger partial charge is 0.261 e. The van der Waals surface area contributed by atoms with Crippen molar-refractivity contribution in [3.05, 3.63) is 71.4 Å². The molecule has 1 N–H and O–H groups in total. The number of anilines is 1. The fraction of sp³-hybridized carbons (Fsp3) is 0.0526. The van der Waals surface area contributed by atoms with Crippen LogP contribution in [0.2, 0.25) is 0 Å². The molecule has 0 aliphatic carbocycles. The first kappa shape index (κ1) is 16.2. The highest BCUT2D eigenvalue weighted by molar-refractivity contribution is 7.13. The van der Waals surface area contributed by atoms with Crippen LogP contribution in [0.15, 0.2) is 60.2 Å². The Morgan fingerprint density at radius 1 is 1.12 bits per heavy atom. The van der Waals surface area contributed by atoms with E-state index in [2.05, 4.69) is 15.4 Å². The van der Waals surface area contributed by atoms with Gasteiger partial charge in [0, 0.05) is 17.4 Å². The number of nitrogens with zero attached hydrogens (tertiary/aromatic N) is 3. The zero-order valence-corrected chi connectivity index (χ0v) is 14.7. The van der Waals surface area contributed by atoms with Gasteiger partial charge in [-0.25, -0.2) is 9.50 Å². The molecule has 26 heavy (non-hydrogen) atoms. The normalized spacial score (nSPS) is 10.8. The van der Waals surface area contributed by atoms with Crippen LogP contribution in [0.25, 0.3) is 16.2 Å². The van der Waals surface area contributed by atoms with Crippen LogP contribution in [-0.4, -0.2) is 26.3 Å². The Morgan fingerprint density at radius 2 is 1.92 bits per heavy atom. The number of carbonyl (C=O) groups is 2. The number of hydrogen-bond acceptors (Lipinski definition) is 5. The van der Waals surface area contributed by atoms with E-state index in [0.717, 1.165) is 10.6 Å². The minimum absolute atomic E-state index is 0.0178. The van der Waals surface area contributed by atoms with Gasteiger partial charge in [0.1, 0.15) is 5.56 Å². The first-order valence-electron chi connectivity index (χ1n) is 7.92. The van der Waals surface area contributed by atoms with Crippen LogP contribution in [0.3, 0.4) is 0 Å². The van der Waals surface area contributed by atoms with E-state index >= 15 is 0 Å². The van der Waals surface area contributed by atoms with E-state index in [1.165, 1.54) is 13.1 Å². The summed E-state index contributed by atoms with van der Waals surface area (Å²) in [7, 11) is 0. The van der Waals surface area contributed by atoms with Gasteiger partial charge < -0.3 is 5.32 Å². The van der Waals surface area contributed by atoms with Gasteiger partial charge in [-0.1, -0.05) is 6.07 Å². The van der Waals surface area contributed by atoms with E-state index in [0.29, 0.717) is 22.5 Å². The number of hydrogen-bond donors (Lipinski definition) is 1. The zero-order valence-electron chi connectivity index (χ0n) is 13.8. The number of amides is 1. The minimum atomic E-state index is -0.300. The Kier molecular flexibility index (Phi) is 4.06. The summed E-state index contributed by atoms with van der Waals surface area (Å²) in [6, 6.07) is 12.6. The Balaban J connectivity index is 1.65. The highest BCUT2D eigenvalue weighted by atomic mass is 32.1. The van der Waals surface area contributed by atoms with Crippen LogP contribution < -0.4 is 5.32 Å². The molecule has 0 saturated carbocycles. The summed E-state index contributed by atoms with van der Waals surface area (Å²) in [5.41, 5.74) is 2.97. The molecule has 6 nitrogen and oxygen atoms in total. The largest absolute Gasteiger partial charge is 0.322 e. The average molecular weight is 362 g/mol. The quantitative estimate of drug-likeness (QED) is 0.558. The molecule has 0 unspecified atom stereocenters. The number of carbonyl (C=O) groups excluding carboxylic acids is 2. The monoisotopic (exact) mass is 362 g/mol. The lowest BCUT2D eigenvalue weighted by Gasteiger charge is -2.05. The second-order valence-corrected chi connectivity index (χ2v) is 6.64. The van der Waals surface area contributed by atoms with Gasteiger partial charge in [0.15, 0.2) is 11.4 Å². The van der Waals surface area contributed by atoms with Crippen molar-refractivity contribution in [3.8, 4) is 10.6 Å². The van der Waals surface area contributed by atoms with E-state index in [9.17, 15) is 9.59 Å². The number of rotatable bonds is 4. The van der Waals surface area contributed by atoms with Gasteiger partial charge in [-0.05, 0) is 48.7 Å². The van der Waals surface area contributed by atoms with Crippen molar-refractivity contribution in [2.75, 3.05) is 5.32 Å². The molecule has 1 aromatic carbocycles. The summed E-state index contributed by atoms with van der Waals surface area (Å²) in [6.45, 7) is 1.50. The Hall–Kier alpha value is -3.32. The topological polar surface area (TPSA) is 76.4 Å². The zero-order chi connectivity index (χ0) is 18.1. The first-order valence-corrected chi connectivity index (χ1v) is 8.80. The second kappa shape index (κ2) is 6.53. The maximum absolute atomic E-state index is 12.6. The molecular weight excluding hydrogens is 348 g/mol. The van der Waals surface area contributed by atoms with Crippen LogP contribution in [0.4, 0.5) is 5.69 Å². The molecule has 3 aromatic heterocycles. The summed E-state index contributed by atoms with van der Waals surface area (Å²) in [5, 5.41) is 9.14. The molecule has 1 amide bonds. The van der Waals surface area contributed by atoms with Gasteiger partial charge in [0.05, 0.1) is 16.8 Å². The third-order valence-electron chi connectivity index (χ3n) is 3.97. The predicted octanol–water partition coefficient (Wildman–Crippen LogP) is 3.91. The highest BCUT2D eigenvalue weighted by Gasteiger charge is 2.16. The van der Waals surface area contributed by atoms with Gasteiger partial charge in [-0.15, -0.1) is 11.3 Å². The lowest BCUT2D eigenvalue weighted by atomic mass is 10.1. The molecule has 0 atom stereocenters. The molecule has 0 fully saturated rings. The predicted molar refractivity (Wildman–Crippen MR) is 101 cm³/mol. The van der Waals surface area contributed by atoms with Gasteiger partial charge in [0.2, 0.25) is 0 Å². The molecule has 0 spiro atoms. The van der Waals surface area contributed by atoms with E-state index in [1.54, 1.807) is 46.3 Å². The third kappa shape index (κ3) is 2.89. The number of nitrogens with one attached hydrogen (secondary N) is 1. The number of benzene rings is 1. The molecule has 7 heteroatoms. The van der Waals surface area contributed by atoms with Crippen LogP contribution in [0.1, 0.15) is 27.6 Å². The number of Topliss-reactive ketones (excluding diaryl/α,β-unsaturated/α-hetero) is 1. The van der Waals surface area contributed by atoms with Crippen LogP contribution in [0.5, 0.6) is 0 Å². The fourth-order valence-corrected chi connectivity index (χ4v) is 3.39. The van der Waals surface area contributed by atoms with Crippen molar-refractivity contribution in [3.63, 3.8) is 0 Å². The van der Waals surface area contributed by atoms with E-state index in [4.69, 9.17) is 0 Å². The van der Waals surface area contributed by atoms with E-state index < -0.39 is 0 Å². The summed E-state index contributed by atoms with van der Waals surface area (Å²) >= 11 is 1.60. The van der Waals surface area contributed by atoms with E-state index in [1.807, 2.05) is 23.6 Å². The Bertz CT molecular complexity index is 1100. The van der Waals surface area contributed by atoms with Crippen molar-refractivity contribution in [2.24, 2.45) is 0 Å². The lowest BCUT2D eigenvalue weighted by molar-refractivity contribution is 0.101. The van der Waals surface area contributed by atoms with Gasteiger partial charge >= 0.3 is 0 Å². The molecule has 4 rings (SSSR count). The van der Waals surface area contributed by atoms with Crippen molar-refractivity contribution in [2.45, 2.75) is 6.92 Å². The summed E-state index contributed by atoms with van der Waals surface area (Å²) in [6.07, 6.45) is 3.18. The van der Waals surface area contributed by atoms with Crippen molar-refractivity contribution in [1.82, 2.24) is 14.6 Å². The molecule has 0 bridgehead atoms. The molecule has 3 heterocycles. The summed E-state index contributed by atoms with van der Waals surface area (Å²) in [4.78, 5) is 29.3. The molecule has 128 valence electrons. The minimum Gasteiger partial charge on any atom is -0.322 e. The maximum Gasteiger partial charge on any atom is 0.261 e. The van der Waals surface area contributed by atoms with Crippen molar-refractivity contribution < 1.29 is 9.59 Å². The van der Waals surface area contributed by atoms with Crippen molar-refractivity contribution >= 4 is 34.4 Å². The maximum atomic E-state index is 12.6. The molecular formula is C19H14N4O2S. The Labute approximate surface area is 153 Å². The number of aromatic nitrogens is 3. The number of ketones is 1. The average Bonchev–Trinajstić information content (AvgIpc) is 3.31. The van der Waals surface area contributed by atoms with Gasteiger partial charge in [-0.2, -0.15) is 5.10 Å².